The van der Waals surface area contributed by atoms with Crippen LogP contribution in [0.15, 0.2) is 92.3 Å². The van der Waals surface area contributed by atoms with Gasteiger partial charge >= 0.3 is 0 Å². The van der Waals surface area contributed by atoms with E-state index in [9.17, 15) is 13.2 Å². The van der Waals surface area contributed by atoms with Crippen LogP contribution in [0.3, 0.4) is 0 Å². The lowest BCUT2D eigenvalue weighted by molar-refractivity contribution is 0.668. The third kappa shape index (κ3) is 2.13. The normalized spacial score (nSPS) is 20.7. The number of fused-ring (bicyclic) bond motifs is 6. The third-order valence-corrected chi connectivity index (χ3v) is 4.24. The van der Waals surface area contributed by atoms with Gasteiger partial charge in [-0.25, -0.2) is 28.1 Å². The van der Waals surface area contributed by atoms with E-state index in [1.54, 1.807) is 12.1 Å². The van der Waals surface area contributed by atoms with Crippen LogP contribution >= 0.6 is 0 Å². The Bertz CT molecular complexity index is 1150. The number of hydrogen-bond donors (Lipinski definition) is 1. The van der Waals surface area contributed by atoms with Gasteiger partial charge in [-0.3, -0.25) is 0 Å². The van der Waals surface area contributed by atoms with Gasteiger partial charge in [0.1, 0.15) is 28.5 Å². The molecule has 0 amide bonds. The Labute approximate surface area is 145 Å². The molecule has 0 unspecified atom stereocenters. The van der Waals surface area contributed by atoms with Crippen molar-refractivity contribution in [3.8, 4) is 0 Å². The minimum atomic E-state index is -0.749. The standard InChI is InChI=1S/C19H9F3N4/c20-17-11-3-1-9(23-11)10-2-4-12(24-10)18(21)14-6-8-16(26-14)19(22)15-7-5-13(17)25-15/h1-8,23H. The fraction of sp³-hybridized carbons (Fsp3) is 0. The molecule has 0 saturated heterocycles. The van der Waals surface area contributed by atoms with Gasteiger partial charge in [0, 0.05) is 0 Å². The first-order valence-electron chi connectivity index (χ1n) is 7.80. The Morgan fingerprint density at radius 1 is 0.538 bits per heavy atom. The van der Waals surface area contributed by atoms with Crippen molar-refractivity contribution in [3.05, 3.63) is 88.7 Å². The first-order chi connectivity index (χ1) is 12.6. The summed E-state index contributed by atoms with van der Waals surface area (Å²) in [5.41, 5.74) is 1.11. The van der Waals surface area contributed by atoms with E-state index < -0.39 is 17.5 Å². The van der Waals surface area contributed by atoms with Gasteiger partial charge in [0.15, 0.2) is 17.5 Å². The highest BCUT2D eigenvalue weighted by atomic mass is 19.1. The molecule has 5 heterocycles. The molecular formula is C19H9F3N4. The Balaban J connectivity index is 1.78. The molecule has 126 valence electrons. The van der Waals surface area contributed by atoms with Gasteiger partial charge in [-0.05, 0) is 48.6 Å². The molecule has 7 heteroatoms. The molecule has 0 aromatic carbocycles. The molecule has 5 rings (SSSR count). The van der Waals surface area contributed by atoms with Gasteiger partial charge in [-0.15, -0.1) is 0 Å². The Morgan fingerprint density at radius 3 is 1.62 bits per heavy atom. The number of rotatable bonds is 0. The SMILES string of the molecule is FC1=C2C=CC(=N2)C(F)=C2C=CC(=N2)c2ccc([nH]2)C(F)=C2C=CC1=N2. The van der Waals surface area contributed by atoms with E-state index >= 15 is 0 Å². The van der Waals surface area contributed by atoms with Crippen LogP contribution in [-0.4, -0.2) is 22.1 Å². The minimum absolute atomic E-state index is 0.000834. The molecule has 0 radical (unpaired) electrons. The summed E-state index contributed by atoms with van der Waals surface area (Å²) in [6.07, 6.45) is 8.57. The second-order valence-corrected chi connectivity index (χ2v) is 5.87. The molecule has 1 N–H and O–H groups in total. The molecule has 1 aromatic heterocycles. The average molecular weight is 350 g/mol. The number of H-pyrrole nitrogens is 1. The zero-order chi connectivity index (χ0) is 17.8. The Morgan fingerprint density at radius 2 is 1.00 bits per heavy atom. The van der Waals surface area contributed by atoms with Crippen molar-refractivity contribution in [1.82, 2.24) is 4.98 Å². The lowest BCUT2D eigenvalue weighted by atomic mass is 10.2. The molecule has 0 aliphatic carbocycles. The predicted octanol–water partition coefficient (Wildman–Crippen LogP) is 4.41. The van der Waals surface area contributed by atoms with E-state index in [0.29, 0.717) is 11.4 Å². The summed E-state index contributed by atoms with van der Waals surface area (Å²) in [5.74, 6) is -2.03. The zero-order valence-electron chi connectivity index (χ0n) is 13.1. The molecule has 1 aromatic rings. The van der Waals surface area contributed by atoms with Gasteiger partial charge in [-0.2, -0.15) is 0 Å². The molecule has 0 atom stereocenters. The summed E-state index contributed by atoms with van der Waals surface area (Å²) in [7, 11) is 0. The van der Waals surface area contributed by atoms with Crippen LogP contribution in [0.25, 0.3) is 5.83 Å². The van der Waals surface area contributed by atoms with Gasteiger partial charge < -0.3 is 4.98 Å². The number of nitrogens with zero attached hydrogens (tertiary/aromatic N) is 3. The number of hydrogen-bond acceptors (Lipinski definition) is 3. The van der Waals surface area contributed by atoms with Crippen molar-refractivity contribution in [2.75, 3.05) is 0 Å². The van der Waals surface area contributed by atoms with E-state index in [1.807, 2.05) is 0 Å². The van der Waals surface area contributed by atoms with Crippen molar-refractivity contribution in [1.29, 1.82) is 0 Å². The molecule has 0 fully saturated rings. The second kappa shape index (κ2) is 5.26. The van der Waals surface area contributed by atoms with Crippen molar-refractivity contribution in [2.45, 2.75) is 0 Å². The molecule has 26 heavy (non-hydrogen) atoms. The van der Waals surface area contributed by atoms with Crippen LogP contribution < -0.4 is 0 Å². The smallest absolute Gasteiger partial charge is 0.174 e. The summed E-state index contributed by atoms with van der Waals surface area (Å²) < 4.78 is 44.0. The van der Waals surface area contributed by atoms with Crippen molar-refractivity contribution < 1.29 is 13.2 Å². The summed E-state index contributed by atoms with van der Waals surface area (Å²) in [6.45, 7) is 0. The Kier molecular flexibility index (Phi) is 3.00. The Hall–Kier alpha value is -3.48. The fourth-order valence-electron chi connectivity index (χ4n) is 2.92. The lowest BCUT2D eigenvalue weighted by Gasteiger charge is -1.98. The summed E-state index contributed by atoms with van der Waals surface area (Å²) in [5, 5.41) is 0. The molecule has 0 spiro atoms. The molecule has 0 saturated carbocycles. The summed E-state index contributed by atoms with van der Waals surface area (Å²) in [4.78, 5) is 15.0. The van der Waals surface area contributed by atoms with E-state index in [4.69, 9.17) is 0 Å². The average Bonchev–Trinajstić information content (AvgIpc) is 3.45. The van der Waals surface area contributed by atoms with Gasteiger partial charge in [0.05, 0.1) is 17.1 Å². The monoisotopic (exact) mass is 350 g/mol. The van der Waals surface area contributed by atoms with Gasteiger partial charge in [0.2, 0.25) is 0 Å². The zero-order valence-corrected chi connectivity index (χ0v) is 13.1. The second-order valence-electron chi connectivity index (χ2n) is 5.87. The van der Waals surface area contributed by atoms with Crippen molar-refractivity contribution in [2.24, 2.45) is 15.0 Å². The van der Waals surface area contributed by atoms with E-state index in [1.165, 1.54) is 36.4 Å². The van der Waals surface area contributed by atoms with Gasteiger partial charge in [-0.1, -0.05) is 0 Å². The van der Waals surface area contributed by atoms with Crippen molar-refractivity contribution >= 4 is 23.0 Å². The lowest BCUT2D eigenvalue weighted by Crippen LogP contribution is -1.97. The fourth-order valence-corrected chi connectivity index (χ4v) is 2.92. The van der Waals surface area contributed by atoms with E-state index in [0.717, 1.165) is 0 Å². The van der Waals surface area contributed by atoms with Crippen LogP contribution in [0.4, 0.5) is 13.2 Å². The minimum Gasteiger partial charge on any atom is -0.351 e. The highest BCUT2D eigenvalue weighted by Gasteiger charge is 2.23. The topological polar surface area (TPSA) is 52.9 Å². The van der Waals surface area contributed by atoms with Crippen LogP contribution in [0.2, 0.25) is 0 Å². The maximum Gasteiger partial charge on any atom is 0.174 e. The highest BCUT2D eigenvalue weighted by molar-refractivity contribution is 6.15. The first kappa shape index (κ1) is 14.8. The molecular weight excluding hydrogens is 341 g/mol. The van der Waals surface area contributed by atoms with E-state index in [2.05, 4.69) is 20.0 Å². The highest BCUT2D eigenvalue weighted by Crippen LogP contribution is 2.30. The maximum absolute atomic E-state index is 14.7. The van der Waals surface area contributed by atoms with Gasteiger partial charge in [0.25, 0.3) is 0 Å². The number of allylic oxidation sites excluding steroid dienone is 8. The molecule has 4 aliphatic rings. The van der Waals surface area contributed by atoms with Crippen LogP contribution in [0.5, 0.6) is 0 Å². The quantitative estimate of drug-likeness (QED) is 0.721. The number of nitrogens with one attached hydrogen (secondary N) is 1. The largest absolute Gasteiger partial charge is 0.351 e. The van der Waals surface area contributed by atoms with Crippen LogP contribution in [0, 0.1) is 0 Å². The molecule has 4 aliphatic heterocycles. The maximum atomic E-state index is 14.7. The third-order valence-electron chi connectivity index (χ3n) is 4.24. The molecule has 4 nitrogen and oxygen atoms in total. The number of halogens is 3. The van der Waals surface area contributed by atoms with Crippen LogP contribution in [0.1, 0.15) is 11.4 Å². The number of aromatic amines is 1. The summed E-state index contributed by atoms with van der Waals surface area (Å²) in [6, 6.07) is 3.17. The first-order valence-corrected chi connectivity index (χ1v) is 7.80. The van der Waals surface area contributed by atoms with E-state index in [-0.39, 0.29) is 34.2 Å². The van der Waals surface area contributed by atoms with Crippen molar-refractivity contribution in [3.63, 3.8) is 0 Å². The number of aromatic nitrogens is 1. The summed E-state index contributed by atoms with van der Waals surface area (Å²) >= 11 is 0. The molecule has 8 bridgehead atoms. The number of aliphatic imine (C=N–C) groups is 3. The predicted molar refractivity (Wildman–Crippen MR) is 93.9 cm³/mol. The van der Waals surface area contributed by atoms with Crippen LogP contribution in [-0.2, 0) is 0 Å².